The molecule has 1 aromatic heterocycles. The molecule has 5 rings (SSSR count). The largest absolute Gasteiger partial charge is 0.374 e. The first kappa shape index (κ1) is 24.5. The van der Waals surface area contributed by atoms with Crippen molar-refractivity contribution in [3.8, 4) is 0 Å². The van der Waals surface area contributed by atoms with Crippen molar-refractivity contribution in [2.24, 2.45) is 0 Å². The standard InChI is InChI=1S/C20H28F2N8O3S2.2H2/c1-10-7-29(8-11(2)23-10)15-6-13(35(31,32)27-20(4)9-33-12(20)3)5-14-16(24-28-30(14)15)18-25-26-19(34-18)17(21)22;;/h5-6,10-12,17,23-24,27-28H,7-9H2,1-4H3;2*1H/t10-,11-,12?,20?;;/m0../s1. The highest BCUT2D eigenvalue weighted by Gasteiger charge is 2.46. The van der Waals surface area contributed by atoms with Crippen LogP contribution in [0.3, 0.4) is 0 Å². The van der Waals surface area contributed by atoms with Gasteiger partial charge in [0.2, 0.25) is 10.0 Å². The summed E-state index contributed by atoms with van der Waals surface area (Å²) in [5.74, 6) is 0.618. The molecule has 0 spiro atoms. The lowest BCUT2D eigenvalue weighted by Gasteiger charge is -2.45. The highest BCUT2D eigenvalue weighted by atomic mass is 32.2. The molecule has 2 fully saturated rings. The van der Waals surface area contributed by atoms with Crippen LogP contribution in [0.25, 0.3) is 5.70 Å². The minimum Gasteiger partial charge on any atom is -0.374 e. The van der Waals surface area contributed by atoms with Crippen LogP contribution in [0.1, 0.15) is 47.0 Å². The molecule has 5 heterocycles. The summed E-state index contributed by atoms with van der Waals surface area (Å²) in [5, 5.41) is 12.5. The summed E-state index contributed by atoms with van der Waals surface area (Å²) in [4.78, 5) is 2.15. The van der Waals surface area contributed by atoms with Gasteiger partial charge >= 0.3 is 0 Å². The van der Waals surface area contributed by atoms with E-state index in [9.17, 15) is 17.2 Å². The van der Waals surface area contributed by atoms with Crippen LogP contribution in [-0.2, 0) is 14.8 Å². The van der Waals surface area contributed by atoms with Gasteiger partial charge in [-0.25, -0.2) is 26.9 Å². The van der Waals surface area contributed by atoms with Crippen LogP contribution in [-0.4, -0.2) is 71.9 Å². The van der Waals surface area contributed by atoms with Crippen molar-refractivity contribution >= 4 is 27.1 Å². The van der Waals surface area contributed by atoms with Gasteiger partial charge in [-0.1, -0.05) is 11.3 Å². The Hall–Kier alpha value is -2.17. The van der Waals surface area contributed by atoms with Crippen LogP contribution in [0.15, 0.2) is 28.6 Å². The maximum Gasteiger partial charge on any atom is 0.291 e. The first-order chi connectivity index (χ1) is 16.5. The quantitative estimate of drug-likeness (QED) is 0.427. The van der Waals surface area contributed by atoms with Crippen LogP contribution >= 0.6 is 11.3 Å². The zero-order chi connectivity index (χ0) is 25.1. The molecule has 15 heteroatoms. The summed E-state index contributed by atoms with van der Waals surface area (Å²) in [6.07, 6.45) is 0.105. The molecule has 0 amide bonds. The lowest BCUT2D eigenvalue weighted by molar-refractivity contribution is -0.120. The van der Waals surface area contributed by atoms with E-state index in [-0.39, 0.29) is 37.6 Å². The topological polar surface area (TPSA) is 124 Å². The predicted octanol–water partition coefficient (Wildman–Crippen LogP) is 1.48. The Labute approximate surface area is 209 Å². The van der Waals surface area contributed by atoms with Crippen molar-refractivity contribution in [1.82, 2.24) is 41.1 Å². The third kappa shape index (κ3) is 4.44. The predicted molar refractivity (Wildman–Crippen MR) is 130 cm³/mol. The number of hydrogen-bond acceptors (Lipinski definition) is 11. The summed E-state index contributed by atoms with van der Waals surface area (Å²) < 4.78 is 61.5. The molecule has 2 unspecified atom stereocenters. The van der Waals surface area contributed by atoms with Crippen LogP contribution in [0.4, 0.5) is 8.78 Å². The number of nitrogens with one attached hydrogen (secondary N) is 4. The number of alkyl halides is 2. The first-order valence-electron chi connectivity index (χ1n) is 11.2. The minimum absolute atomic E-state index is 0. The zero-order valence-corrected chi connectivity index (χ0v) is 21.3. The monoisotopic (exact) mass is 534 g/mol. The number of ether oxygens (including phenoxy) is 1. The van der Waals surface area contributed by atoms with E-state index >= 15 is 0 Å². The van der Waals surface area contributed by atoms with Crippen molar-refractivity contribution in [2.45, 2.75) is 57.8 Å². The molecule has 196 valence electrons. The molecular formula is C20H32F2N8O3S2. The van der Waals surface area contributed by atoms with E-state index in [0.29, 0.717) is 30.3 Å². The summed E-state index contributed by atoms with van der Waals surface area (Å²) in [5.41, 5.74) is 6.08. The maximum atomic E-state index is 13.5. The third-order valence-corrected chi connectivity index (χ3v) is 9.04. The molecule has 4 aliphatic heterocycles. The average Bonchev–Trinajstić information content (AvgIpc) is 3.43. The second-order valence-electron chi connectivity index (χ2n) is 9.48. The van der Waals surface area contributed by atoms with E-state index in [1.54, 1.807) is 18.0 Å². The zero-order valence-electron chi connectivity index (χ0n) is 19.7. The Balaban J connectivity index is 0.00000190. The van der Waals surface area contributed by atoms with Gasteiger partial charge < -0.3 is 15.0 Å². The third-order valence-electron chi connectivity index (χ3n) is 6.50. The molecule has 0 aliphatic carbocycles. The van der Waals surface area contributed by atoms with Gasteiger partial charge in [0.1, 0.15) is 11.5 Å². The molecule has 4 aliphatic rings. The molecule has 0 bridgehead atoms. The van der Waals surface area contributed by atoms with E-state index in [4.69, 9.17) is 4.74 Å². The van der Waals surface area contributed by atoms with Crippen molar-refractivity contribution < 1.29 is 24.8 Å². The number of piperazine rings is 1. The number of hydrazine groups is 2. The number of fused-ring (bicyclic) bond motifs is 1. The first-order valence-corrected chi connectivity index (χ1v) is 13.5. The molecule has 0 aromatic carbocycles. The Morgan fingerprint density at radius 1 is 1.26 bits per heavy atom. The van der Waals surface area contributed by atoms with Gasteiger partial charge in [-0.05, 0) is 33.8 Å². The molecule has 4 N–H and O–H groups in total. The van der Waals surface area contributed by atoms with E-state index < -0.39 is 27.0 Å². The fourth-order valence-electron chi connectivity index (χ4n) is 4.50. The summed E-state index contributed by atoms with van der Waals surface area (Å²) in [7, 11) is -3.94. The van der Waals surface area contributed by atoms with Gasteiger partial charge in [0.25, 0.3) is 6.43 Å². The number of aromatic nitrogens is 2. The average molecular weight is 535 g/mol. The molecular weight excluding hydrogens is 502 g/mol. The van der Waals surface area contributed by atoms with E-state index in [1.807, 2.05) is 6.92 Å². The van der Waals surface area contributed by atoms with Crippen molar-refractivity contribution in [3.63, 3.8) is 0 Å². The molecule has 4 atom stereocenters. The smallest absolute Gasteiger partial charge is 0.291 e. The summed E-state index contributed by atoms with van der Waals surface area (Å²) in [6.45, 7) is 9.30. The lowest BCUT2D eigenvalue weighted by atomic mass is 9.93. The lowest BCUT2D eigenvalue weighted by Crippen LogP contribution is -2.65. The molecule has 0 radical (unpaired) electrons. The van der Waals surface area contributed by atoms with Gasteiger partial charge in [0.05, 0.1) is 28.9 Å². The fourth-order valence-corrected chi connectivity index (χ4v) is 6.69. The Morgan fingerprint density at radius 3 is 2.54 bits per heavy atom. The van der Waals surface area contributed by atoms with Crippen LogP contribution in [0, 0.1) is 0 Å². The van der Waals surface area contributed by atoms with E-state index in [2.05, 4.69) is 49.9 Å². The second-order valence-corrected chi connectivity index (χ2v) is 12.2. The van der Waals surface area contributed by atoms with Crippen molar-refractivity contribution in [3.05, 3.63) is 38.6 Å². The number of sulfonamides is 1. The van der Waals surface area contributed by atoms with Gasteiger partial charge in [0.15, 0.2) is 10.0 Å². The van der Waals surface area contributed by atoms with Gasteiger partial charge in [-0.15, -0.1) is 15.7 Å². The van der Waals surface area contributed by atoms with Crippen LogP contribution in [0.2, 0.25) is 0 Å². The van der Waals surface area contributed by atoms with Gasteiger partial charge in [0, 0.05) is 34.1 Å². The number of nitrogens with zero attached hydrogens (tertiary/aromatic N) is 4. The molecule has 0 saturated carbocycles. The highest BCUT2D eigenvalue weighted by molar-refractivity contribution is 7.93. The van der Waals surface area contributed by atoms with E-state index in [0.717, 1.165) is 11.3 Å². The number of hydrogen-bond donors (Lipinski definition) is 4. The Kier molecular flexibility index (Phi) is 6.12. The number of halogens is 2. The minimum atomic E-state index is -3.94. The SMILES string of the molecule is CC1OCC1(C)NS(=O)(=O)C1=CC2=C(c3nnc(C(F)F)s3)NNN2C(N2C[C@H](C)N[C@@H](C)C2)=C1.[HH].[HH]. The fraction of sp³-hybridized carbons (Fsp3) is 0.600. The molecule has 11 nitrogen and oxygen atoms in total. The van der Waals surface area contributed by atoms with Crippen molar-refractivity contribution in [2.75, 3.05) is 19.7 Å². The maximum absolute atomic E-state index is 13.5. The van der Waals surface area contributed by atoms with Gasteiger partial charge in [-0.3, -0.25) is 5.43 Å². The molecule has 2 saturated heterocycles. The highest BCUT2D eigenvalue weighted by Crippen LogP contribution is 2.36. The normalized spacial score (nSPS) is 31.2. The van der Waals surface area contributed by atoms with E-state index in [1.165, 1.54) is 6.08 Å². The molecule has 35 heavy (non-hydrogen) atoms. The number of rotatable bonds is 6. The van der Waals surface area contributed by atoms with Gasteiger partial charge in [-0.2, -0.15) is 0 Å². The second kappa shape index (κ2) is 8.74. The Bertz CT molecular complexity index is 1220. The van der Waals surface area contributed by atoms with Crippen molar-refractivity contribution in [1.29, 1.82) is 0 Å². The van der Waals surface area contributed by atoms with Crippen LogP contribution < -0.4 is 21.0 Å². The summed E-state index contributed by atoms with van der Waals surface area (Å²) in [6, 6.07) is 0.352. The summed E-state index contributed by atoms with van der Waals surface area (Å²) >= 11 is 0.750. The Morgan fingerprint density at radius 2 is 1.97 bits per heavy atom. The number of allylic oxidation sites excluding steroid dienone is 2. The van der Waals surface area contributed by atoms with Crippen LogP contribution in [0.5, 0.6) is 0 Å². The molecule has 1 aromatic rings.